The number of aromatic nitrogens is 3. The zero-order valence-electron chi connectivity index (χ0n) is 18.2. The highest BCUT2D eigenvalue weighted by molar-refractivity contribution is 5.56. The predicted octanol–water partition coefficient (Wildman–Crippen LogP) is 5.57. The molecule has 0 spiro atoms. The van der Waals surface area contributed by atoms with Crippen molar-refractivity contribution in [2.24, 2.45) is 11.8 Å². The Kier molecular flexibility index (Phi) is 7.79. The molecule has 0 amide bonds. The largest absolute Gasteiger partial charge is 0.497 e. The van der Waals surface area contributed by atoms with Gasteiger partial charge in [-0.05, 0) is 55.7 Å². The second-order valence-electron chi connectivity index (χ2n) is 7.93. The van der Waals surface area contributed by atoms with Crippen LogP contribution in [0.15, 0.2) is 36.5 Å². The van der Waals surface area contributed by atoms with Crippen LogP contribution in [0.3, 0.4) is 0 Å². The molecule has 2 aromatic heterocycles. The minimum Gasteiger partial charge on any atom is -0.497 e. The fraction of sp³-hybridized carbons (Fsp3) is 0.417. The van der Waals surface area contributed by atoms with E-state index in [2.05, 4.69) is 23.0 Å². The molecule has 2 heterocycles. The minimum absolute atomic E-state index is 0.141. The highest BCUT2D eigenvalue weighted by atomic mass is 19.4. The lowest BCUT2D eigenvalue weighted by molar-refractivity contribution is -0.138. The van der Waals surface area contributed by atoms with Gasteiger partial charge in [0.2, 0.25) is 0 Å². The lowest BCUT2D eigenvalue weighted by atomic mass is 10.2. The average molecular weight is 463 g/mol. The smallest absolute Gasteiger partial charge is 0.423 e. The van der Waals surface area contributed by atoms with Crippen LogP contribution in [0.5, 0.6) is 11.5 Å². The summed E-state index contributed by atoms with van der Waals surface area (Å²) in [5.41, 5.74) is -0.971. The second-order valence-corrected chi connectivity index (χ2v) is 7.93. The maximum absolute atomic E-state index is 13.4. The number of hydrogen-bond acceptors (Lipinski definition) is 4. The van der Waals surface area contributed by atoms with E-state index in [1.807, 2.05) is 0 Å². The fourth-order valence-corrected chi connectivity index (χ4v) is 3.18. The molecule has 0 saturated heterocycles. The summed E-state index contributed by atoms with van der Waals surface area (Å²) in [5.74, 6) is 1.66. The van der Waals surface area contributed by atoms with Gasteiger partial charge in [0, 0.05) is 18.7 Å². The number of halogens is 4. The van der Waals surface area contributed by atoms with Gasteiger partial charge in [-0.15, -0.1) is 23.0 Å². The number of benzene rings is 1. The number of ether oxygens (including phenoxy) is 2. The highest BCUT2D eigenvalue weighted by Crippen LogP contribution is 2.40. The molecule has 0 unspecified atom stereocenters. The van der Waals surface area contributed by atoms with E-state index in [0.29, 0.717) is 36.4 Å². The Morgan fingerprint density at radius 3 is 2.30 bits per heavy atom. The minimum atomic E-state index is -4.51. The molecule has 2 fully saturated rings. The predicted molar refractivity (Wildman–Crippen MR) is 115 cm³/mol. The van der Waals surface area contributed by atoms with Crippen molar-refractivity contribution in [1.82, 2.24) is 14.6 Å². The zero-order chi connectivity index (χ0) is 24.0. The van der Waals surface area contributed by atoms with Gasteiger partial charge in [0.15, 0.2) is 5.65 Å². The Morgan fingerprint density at radius 1 is 1.06 bits per heavy atom. The summed E-state index contributed by atoms with van der Waals surface area (Å²) in [6.07, 6.45) is 10.0. The van der Waals surface area contributed by atoms with Crippen LogP contribution in [0.1, 0.15) is 37.1 Å². The van der Waals surface area contributed by atoms with E-state index in [9.17, 15) is 17.6 Å². The van der Waals surface area contributed by atoms with Crippen LogP contribution in [0, 0.1) is 30.5 Å². The molecule has 0 radical (unpaired) electrons. The number of hydrogen-bond donors (Lipinski definition) is 0. The van der Waals surface area contributed by atoms with Gasteiger partial charge in [0.05, 0.1) is 13.7 Å². The van der Waals surface area contributed by atoms with Crippen LogP contribution in [0.2, 0.25) is 0 Å². The van der Waals surface area contributed by atoms with Gasteiger partial charge in [-0.1, -0.05) is 6.07 Å². The molecule has 2 aliphatic rings. The van der Waals surface area contributed by atoms with Crippen molar-refractivity contribution in [3.63, 3.8) is 0 Å². The summed E-state index contributed by atoms with van der Waals surface area (Å²) >= 11 is 0. The molecule has 2 saturated carbocycles. The van der Waals surface area contributed by atoms with Crippen LogP contribution in [-0.4, -0.2) is 28.3 Å². The van der Waals surface area contributed by atoms with E-state index in [4.69, 9.17) is 9.47 Å². The zero-order valence-corrected chi connectivity index (χ0v) is 18.2. The first-order valence-corrected chi connectivity index (χ1v) is 10.5. The SMILES string of the molecule is C#C.COc1cccc(F)c1.FC(F)(F)c1c(OCC2CC2)ccn2c(CC3CC3)nnc12. The molecule has 9 heteroatoms. The Morgan fingerprint density at radius 2 is 1.76 bits per heavy atom. The molecular formula is C24H25F4N3O2. The summed E-state index contributed by atoms with van der Waals surface area (Å²) in [4.78, 5) is 0. The molecular weight excluding hydrogens is 438 g/mol. The fourth-order valence-electron chi connectivity index (χ4n) is 3.18. The van der Waals surface area contributed by atoms with Gasteiger partial charge in [0.1, 0.15) is 28.7 Å². The summed E-state index contributed by atoms with van der Waals surface area (Å²) in [5, 5.41) is 7.74. The van der Waals surface area contributed by atoms with Crippen molar-refractivity contribution in [2.75, 3.05) is 13.7 Å². The van der Waals surface area contributed by atoms with E-state index in [0.717, 1.165) is 25.7 Å². The molecule has 2 aliphatic carbocycles. The Balaban J connectivity index is 0.000000234. The van der Waals surface area contributed by atoms with Gasteiger partial charge in [-0.3, -0.25) is 4.40 Å². The van der Waals surface area contributed by atoms with Crippen molar-refractivity contribution in [2.45, 2.75) is 38.3 Å². The number of methoxy groups -OCH3 is 1. The maximum Gasteiger partial charge on any atom is 0.423 e. The second kappa shape index (κ2) is 10.6. The van der Waals surface area contributed by atoms with Gasteiger partial charge in [-0.2, -0.15) is 13.2 Å². The molecule has 176 valence electrons. The van der Waals surface area contributed by atoms with Crippen molar-refractivity contribution >= 4 is 5.65 Å². The van der Waals surface area contributed by atoms with Gasteiger partial charge in [-0.25, -0.2) is 4.39 Å². The summed E-state index contributed by atoms with van der Waals surface area (Å²) in [6.45, 7) is 0.336. The van der Waals surface area contributed by atoms with Crippen molar-refractivity contribution in [3.05, 3.63) is 53.7 Å². The van der Waals surface area contributed by atoms with Gasteiger partial charge >= 0.3 is 6.18 Å². The van der Waals surface area contributed by atoms with Gasteiger partial charge < -0.3 is 9.47 Å². The Labute approximate surface area is 189 Å². The molecule has 5 nitrogen and oxygen atoms in total. The van der Waals surface area contributed by atoms with E-state index in [1.165, 1.54) is 29.7 Å². The van der Waals surface area contributed by atoms with Crippen molar-refractivity contribution in [1.29, 1.82) is 0 Å². The molecule has 3 aromatic rings. The molecule has 0 N–H and O–H groups in total. The number of rotatable bonds is 6. The summed E-state index contributed by atoms with van der Waals surface area (Å²) in [6, 6.07) is 7.40. The van der Waals surface area contributed by atoms with E-state index in [-0.39, 0.29) is 17.2 Å². The first-order valence-electron chi connectivity index (χ1n) is 10.5. The maximum atomic E-state index is 13.4. The van der Waals surface area contributed by atoms with Crippen LogP contribution >= 0.6 is 0 Å². The molecule has 0 bridgehead atoms. The third-order valence-electron chi connectivity index (χ3n) is 5.27. The molecule has 5 rings (SSSR count). The number of pyridine rings is 1. The molecule has 1 aromatic carbocycles. The van der Waals surface area contributed by atoms with Crippen molar-refractivity contribution < 1.29 is 27.0 Å². The third kappa shape index (κ3) is 6.60. The lowest BCUT2D eigenvalue weighted by Gasteiger charge is -2.14. The van der Waals surface area contributed by atoms with E-state index in [1.54, 1.807) is 18.3 Å². The first kappa shape index (κ1) is 24.4. The van der Waals surface area contributed by atoms with E-state index >= 15 is 0 Å². The molecule has 0 atom stereocenters. The van der Waals surface area contributed by atoms with Gasteiger partial charge in [0.25, 0.3) is 0 Å². The normalized spacial score (nSPS) is 15.1. The van der Waals surface area contributed by atoms with Crippen LogP contribution in [0.4, 0.5) is 17.6 Å². The molecule has 33 heavy (non-hydrogen) atoms. The Bertz CT molecular complexity index is 1090. The highest BCUT2D eigenvalue weighted by Gasteiger charge is 2.39. The average Bonchev–Trinajstić information content (AvgIpc) is 3.72. The number of nitrogens with zero attached hydrogens (tertiary/aromatic N) is 3. The van der Waals surface area contributed by atoms with E-state index < -0.39 is 11.7 Å². The summed E-state index contributed by atoms with van der Waals surface area (Å²) in [7, 11) is 1.51. The van der Waals surface area contributed by atoms with Crippen LogP contribution in [-0.2, 0) is 12.6 Å². The molecule has 0 aliphatic heterocycles. The first-order chi connectivity index (χ1) is 15.8. The number of terminal acetylenes is 1. The van der Waals surface area contributed by atoms with Crippen LogP contribution in [0.25, 0.3) is 5.65 Å². The standard InChI is InChI=1S/C15H16F3N3O.C7H7FO.C2H2/c16-15(17,18)13-11(22-8-10-3-4-10)5-6-21-12(7-9-1-2-9)19-20-14(13)21;1-9-7-4-2-3-6(8)5-7;1-2/h5-6,9-10H,1-4,7-8H2;2-5H,1H3;1-2H. The van der Waals surface area contributed by atoms with Crippen molar-refractivity contribution in [3.8, 4) is 24.3 Å². The Hall–Kier alpha value is -3.28. The number of fused-ring (bicyclic) bond motifs is 1. The summed E-state index contributed by atoms with van der Waals surface area (Å²) < 4.78 is 64.2. The topological polar surface area (TPSA) is 48.7 Å². The van der Waals surface area contributed by atoms with Crippen LogP contribution < -0.4 is 9.47 Å². The third-order valence-corrected chi connectivity index (χ3v) is 5.27. The monoisotopic (exact) mass is 463 g/mol. The number of alkyl halides is 3. The quantitative estimate of drug-likeness (QED) is 0.354. The lowest BCUT2D eigenvalue weighted by Crippen LogP contribution is -2.13.